The van der Waals surface area contributed by atoms with E-state index in [0.717, 1.165) is 0 Å². The second-order valence-electron chi connectivity index (χ2n) is 3.65. The van der Waals surface area contributed by atoms with Gasteiger partial charge in [-0.15, -0.1) is 0 Å². The number of rotatable bonds is 5. The molecule has 0 aromatic heterocycles. The molecule has 0 bridgehead atoms. The van der Waals surface area contributed by atoms with Crippen LogP contribution in [0, 0.1) is 5.82 Å². The normalized spacial score (nSPS) is 14.1. The SMILES string of the molecule is CCOC(=O)C[C@](O)(CBr)c1ccc(F)cc1. The zero-order valence-electron chi connectivity index (χ0n) is 9.45. The van der Waals surface area contributed by atoms with Crippen LogP contribution >= 0.6 is 15.9 Å². The van der Waals surface area contributed by atoms with E-state index in [4.69, 9.17) is 4.74 Å². The number of aliphatic hydroxyl groups is 1. The fourth-order valence-electron chi connectivity index (χ4n) is 1.44. The molecule has 1 rings (SSSR count). The zero-order valence-corrected chi connectivity index (χ0v) is 11.0. The fourth-order valence-corrected chi connectivity index (χ4v) is 1.96. The number of carbonyl (C=O) groups is 1. The third-order valence-electron chi connectivity index (χ3n) is 2.34. The van der Waals surface area contributed by atoms with Crippen molar-refractivity contribution >= 4 is 21.9 Å². The van der Waals surface area contributed by atoms with Crippen LogP contribution < -0.4 is 0 Å². The molecule has 0 aliphatic carbocycles. The second-order valence-corrected chi connectivity index (χ2v) is 4.21. The van der Waals surface area contributed by atoms with E-state index in [0.29, 0.717) is 5.56 Å². The van der Waals surface area contributed by atoms with Crippen LogP contribution in [0.5, 0.6) is 0 Å². The quantitative estimate of drug-likeness (QED) is 0.671. The van der Waals surface area contributed by atoms with Gasteiger partial charge in [0.25, 0.3) is 0 Å². The largest absolute Gasteiger partial charge is 0.466 e. The minimum absolute atomic E-state index is 0.169. The van der Waals surface area contributed by atoms with Crippen LogP contribution in [0.3, 0.4) is 0 Å². The Morgan fingerprint density at radius 1 is 1.47 bits per heavy atom. The van der Waals surface area contributed by atoms with Crippen LogP contribution in [-0.4, -0.2) is 23.0 Å². The highest BCUT2D eigenvalue weighted by atomic mass is 79.9. The van der Waals surface area contributed by atoms with Gasteiger partial charge in [0.1, 0.15) is 11.4 Å². The summed E-state index contributed by atoms with van der Waals surface area (Å²) >= 11 is 3.16. The topological polar surface area (TPSA) is 46.5 Å². The van der Waals surface area contributed by atoms with Crippen molar-refractivity contribution in [3.05, 3.63) is 35.6 Å². The predicted octanol–water partition coefficient (Wildman–Crippen LogP) is 2.36. The van der Waals surface area contributed by atoms with Gasteiger partial charge in [-0.25, -0.2) is 4.39 Å². The van der Waals surface area contributed by atoms with Gasteiger partial charge in [0.15, 0.2) is 0 Å². The summed E-state index contributed by atoms with van der Waals surface area (Å²) in [6.07, 6.45) is -0.169. The van der Waals surface area contributed by atoms with Crippen molar-refractivity contribution in [3.8, 4) is 0 Å². The van der Waals surface area contributed by atoms with Crippen molar-refractivity contribution in [3.63, 3.8) is 0 Å². The Bertz CT molecular complexity index is 380. The number of halogens is 2. The summed E-state index contributed by atoms with van der Waals surface area (Å²) in [4.78, 5) is 11.4. The van der Waals surface area contributed by atoms with Crippen molar-refractivity contribution in [1.82, 2.24) is 0 Å². The van der Waals surface area contributed by atoms with Gasteiger partial charge in [-0.1, -0.05) is 28.1 Å². The van der Waals surface area contributed by atoms with Crippen molar-refractivity contribution in [2.45, 2.75) is 18.9 Å². The Morgan fingerprint density at radius 2 is 2.06 bits per heavy atom. The molecule has 1 aromatic carbocycles. The molecule has 1 aromatic rings. The van der Waals surface area contributed by atoms with Crippen LogP contribution in [0.2, 0.25) is 0 Å². The summed E-state index contributed by atoms with van der Waals surface area (Å²) in [5.41, 5.74) is -0.899. The minimum atomic E-state index is -1.38. The molecule has 3 nitrogen and oxygen atoms in total. The first-order chi connectivity index (χ1) is 8.01. The molecule has 0 radical (unpaired) electrons. The molecule has 0 aliphatic rings. The van der Waals surface area contributed by atoms with Crippen LogP contribution in [0.1, 0.15) is 18.9 Å². The maximum atomic E-state index is 12.8. The van der Waals surface area contributed by atoms with E-state index in [1.54, 1.807) is 6.92 Å². The number of ether oxygens (including phenoxy) is 1. The van der Waals surface area contributed by atoms with Gasteiger partial charge < -0.3 is 9.84 Å². The van der Waals surface area contributed by atoms with E-state index in [-0.39, 0.29) is 24.2 Å². The maximum absolute atomic E-state index is 12.8. The first-order valence-electron chi connectivity index (χ1n) is 5.22. The first-order valence-corrected chi connectivity index (χ1v) is 6.34. The molecule has 0 aliphatic heterocycles. The average Bonchev–Trinajstić information content (AvgIpc) is 2.30. The van der Waals surface area contributed by atoms with E-state index in [1.165, 1.54) is 24.3 Å². The summed E-state index contributed by atoms with van der Waals surface area (Å²) in [7, 11) is 0. The Kier molecular flexibility index (Phi) is 5.08. The van der Waals surface area contributed by atoms with E-state index < -0.39 is 11.6 Å². The van der Waals surface area contributed by atoms with Crippen molar-refractivity contribution in [2.24, 2.45) is 0 Å². The van der Waals surface area contributed by atoms with Crippen molar-refractivity contribution in [2.75, 3.05) is 11.9 Å². The molecule has 0 fully saturated rings. The molecule has 5 heteroatoms. The highest BCUT2D eigenvalue weighted by Crippen LogP contribution is 2.28. The van der Waals surface area contributed by atoms with E-state index in [2.05, 4.69) is 15.9 Å². The van der Waals surface area contributed by atoms with Gasteiger partial charge in [-0.3, -0.25) is 4.79 Å². The predicted molar refractivity (Wildman–Crippen MR) is 65.3 cm³/mol. The summed E-state index contributed by atoms with van der Waals surface area (Å²) in [6.45, 7) is 1.96. The molecule has 0 unspecified atom stereocenters. The Hall–Kier alpha value is -0.940. The number of alkyl halides is 1. The lowest BCUT2D eigenvalue weighted by atomic mass is 9.92. The van der Waals surface area contributed by atoms with Gasteiger partial charge in [-0.05, 0) is 24.6 Å². The summed E-state index contributed by atoms with van der Waals surface area (Å²) < 4.78 is 17.6. The maximum Gasteiger partial charge on any atom is 0.309 e. The molecule has 94 valence electrons. The molecular weight excluding hydrogens is 291 g/mol. The van der Waals surface area contributed by atoms with Crippen molar-refractivity contribution in [1.29, 1.82) is 0 Å². The summed E-state index contributed by atoms with van der Waals surface area (Å²) in [5, 5.41) is 10.5. The number of hydrogen-bond acceptors (Lipinski definition) is 3. The van der Waals surface area contributed by atoms with Crippen LogP contribution in [0.4, 0.5) is 4.39 Å². The Morgan fingerprint density at radius 3 is 2.53 bits per heavy atom. The zero-order chi connectivity index (χ0) is 12.9. The van der Waals surface area contributed by atoms with Crippen LogP contribution in [0.15, 0.2) is 24.3 Å². The van der Waals surface area contributed by atoms with E-state index in [9.17, 15) is 14.3 Å². The molecular formula is C12H14BrFO3. The molecule has 1 N–H and O–H groups in total. The summed E-state index contributed by atoms with van der Waals surface area (Å²) in [5.74, 6) is -0.874. The molecule has 0 heterocycles. The van der Waals surface area contributed by atoms with E-state index in [1.807, 2.05) is 0 Å². The lowest BCUT2D eigenvalue weighted by Crippen LogP contribution is -2.31. The third kappa shape index (κ3) is 3.78. The first kappa shape index (κ1) is 14.1. The number of esters is 1. The smallest absolute Gasteiger partial charge is 0.309 e. The average molecular weight is 305 g/mol. The third-order valence-corrected chi connectivity index (χ3v) is 3.27. The van der Waals surface area contributed by atoms with Crippen LogP contribution in [-0.2, 0) is 15.1 Å². The second kappa shape index (κ2) is 6.12. The molecule has 0 amide bonds. The van der Waals surface area contributed by atoms with E-state index >= 15 is 0 Å². The highest BCUT2D eigenvalue weighted by Gasteiger charge is 2.31. The Balaban J connectivity index is 2.87. The van der Waals surface area contributed by atoms with Gasteiger partial charge in [-0.2, -0.15) is 0 Å². The van der Waals surface area contributed by atoms with Gasteiger partial charge in [0.2, 0.25) is 0 Å². The number of carbonyl (C=O) groups excluding carboxylic acids is 1. The highest BCUT2D eigenvalue weighted by molar-refractivity contribution is 9.09. The number of hydrogen-bond donors (Lipinski definition) is 1. The molecule has 0 saturated heterocycles. The molecule has 1 atom stereocenters. The van der Waals surface area contributed by atoms with Crippen LogP contribution in [0.25, 0.3) is 0 Å². The molecule has 0 spiro atoms. The van der Waals surface area contributed by atoms with Gasteiger partial charge in [0, 0.05) is 5.33 Å². The standard InChI is InChI=1S/C12H14BrFO3/c1-2-17-11(15)7-12(16,8-13)9-3-5-10(14)6-4-9/h3-6,16H,2,7-8H2,1H3/t12-/m0/s1. The molecule has 0 saturated carbocycles. The fraction of sp³-hybridized carbons (Fsp3) is 0.417. The molecule has 17 heavy (non-hydrogen) atoms. The lowest BCUT2D eigenvalue weighted by molar-refractivity contribution is -0.148. The monoisotopic (exact) mass is 304 g/mol. The minimum Gasteiger partial charge on any atom is -0.466 e. The van der Waals surface area contributed by atoms with Crippen molar-refractivity contribution < 1.29 is 19.0 Å². The van der Waals surface area contributed by atoms with Gasteiger partial charge >= 0.3 is 5.97 Å². The Labute approximate surface area is 108 Å². The number of benzene rings is 1. The van der Waals surface area contributed by atoms with Gasteiger partial charge in [0.05, 0.1) is 13.0 Å². The lowest BCUT2D eigenvalue weighted by Gasteiger charge is -2.25. The summed E-state index contributed by atoms with van der Waals surface area (Å²) in [6, 6.07) is 5.40.